The molecule has 4 N–H and O–H groups in total. The third kappa shape index (κ3) is 1.43. The highest BCUT2D eigenvalue weighted by Crippen LogP contribution is 2.12. The van der Waals surface area contributed by atoms with Crippen LogP contribution in [0, 0.1) is 0 Å². The van der Waals surface area contributed by atoms with E-state index in [4.69, 9.17) is 11.5 Å². The monoisotopic (exact) mass is 165 g/mol. The summed E-state index contributed by atoms with van der Waals surface area (Å²) in [5.41, 5.74) is 10.0. The van der Waals surface area contributed by atoms with Crippen molar-refractivity contribution >= 4 is 5.91 Å². The van der Waals surface area contributed by atoms with Gasteiger partial charge in [0, 0.05) is 6.20 Å². The largest absolute Gasteiger partial charge is 0.368 e. The molecule has 1 aromatic heterocycles. The van der Waals surface area contributed by atoms with E-state index in [0.29, 0.717) is 5.69 Å². The SMILES string of the molecule is CC(N)(C(N)=O)c1ccccn1. The van der Waals surface area contributed by atoms with Crippen LogP contribution in [0.4, 0.5) is 0 Å². The molecule has 64 valence electrons. The number of primary amides is 1. The average Bonchev–Trinajstić information content (AvgIpc) is 2.06. The maximum absolute atomic E-state index is 10.9. The summed E-state index contributed by atoms with van der Waals surface area (Å²) in [5, 5.41) is 0. The van der Waals surface area contributed by atoms with Gasteiger partial charge in [-0.1, -0.05) is 6.07 Å². The van der Waals surface area contributed by atoms with E-state index in [9.17, 15) is 4.79 Å². The first-order valence-corrected chi connectivity index (χ1v) is 3.55. The van der Waals surface area contributed by atoms with Gasteiger partial charge in [-0.05, 0) is 19.1 Å². The van der Waals surface area contributed by atoms with Gasteiger partial charge < -0.3 is 11.5 Å². The number of hydrogen-bond donors (Lipinski definition) is 2. The Hall–Kier alpha value is -1.42. The van der Waals surface area contributed by atoms with Crippen molar-refractivity contribution in [2.24, 2.45) is 11.5 Å². The van der Waals surface area contributed by atoms with E-state index in [-0.39, 0.29) is 0 Å². The predicted molar refractivity (Wildman–Crippen MR) is 45.0 cm³/mol. The van der Waals surface area contributed by atoms with Gasteiger partial charge in [0.25, 0.3) is 0 Å². The zero-order chi connectivity index (χ0) is 9.19. The number of hydrogen-bond acceptors (Lipinski definition) is 3. The molecule has 0 aliphatic carbocycles. The number of nitrogens with zero attached hydrogens (tertiary/aromatic N) is 1. The second-order valence-corrected chi connectivity index (χ2v) is 2.78. The first-order valence-electron chi connectivity index (χ1n) is 3.55. The minimum atomic E-state index is -1.18. The van der Waals surface area contributed by atoms with Gasteiger partial charge in [0.2, 0.25) is 5.91 Å². The summed E-state index contributed by atoms with van der Waals surface area (Å²) in [6.07, 6.45) is 1.57. The van der Waals surface area contributed by atoms with Crippen LogP contribution in [-0.2, 0) is 10.3 Å². The van der Waals surface area contributed by atoms with Crippen molar-refractivity contribution in [2.45, 2.75) is 12.5 Å². The molecule has 0 saturated heterocycles. The zero-order valence-corrected chi connectivity index (χ0v) is 6.82. The van der Waals surface area contributed by atoms with E-state index >= 15 is 0 Å². The molecule has 0 fully saturated rings. The molecule has 1 amide bonds. The molecular formula is C8H11N3O. The van der Waals surface area contributed by atoms with Gasteiger partial charge in [-0.15, -0.1) is 0 Å². The van der Waals surface area contributed by atoms with Gasteiger partial charge in [-0.2, -0.15) is 0 Å². The van der Waals surface area contributed by atoms with E-state index in [1.165, 1.54) is 6.92 Å². The van der Waals surface area contributed by atoms with Crippen molar-refractivity contribution in [3.05, 3.63) is 30.1 Å². The highest BCUT2D eigenvalue weighted by molar-refractivity contribution is 5.84. The van der Waals surface area contributed by atoms with Crippen molar-refractivity contribution in [1.82, 2.24) is 4.98 Å². The zero-order valence-electron chi connectivity index (χ0n) is 6.82. The molecule has 0 aliphatic heterocycles. The highest BCUT2D eigenvalue weighted by atomic mass is 16.1. The van der Waals surface area contributed by atoms with Crippen molar-refractivity contribution in [1.29, 1.82) is 0 Å². The average molecular weight is 165 g/mol. The number of carbonyl (C=O) groups excluding carboxylic acids is 1. The van der Waals surface area contributed by atoms with Crippen LogP contribution in [0.15, 0.2) is 24.4 Å². The molecule has 0 radical (unpaired) electrons. The summed E-state index contributed by atoms with van der Waals surface area (Å²) >= 11 is 0. The lowest BCUT2D eigenvalue weighted by molar-refractivity contribution is -0.122. The van der Waals surface area contributed by atoms with Gasteiger partial charge in [0.1, 0.15) is 5.54 Å². The maximum atomic E-state index is 10.9. The second-order valence-electron chi connectivity index (χ2n) is 2.78. The van der Waals surface area contributed by atoms with E-state index in [1.54, 1.807) is 24.4 Å². The van der Waals surface area contributed by atoms with Crippen LogP contribution in [0.2, 0.25) is 0 Å². The standard InChI is InChI=1S/C8H11N3O/c1-8(10,7(9)12)6-4-2-3-5-11-6/h2-5H,10H2,1H3,(H2,9,12). The van der Waals surface area contributed by atoms with Crippen LogP contribution < -0.4 is 11.5 Å². The molecular weight excluding hydrogens is 154 g/mol. The number of pyridine rings is 1. The third-order valence-electron chi connectivity index (χ3n) is 1.71. The molecule has 0 aliphatic rings. The molecule has 1 heterocycles. The molecule has 0 spiro atoms. The lowest BCUT2D eigenvalue weighted by Crippen LogP contribution is -2.46. The van der Waals surface area contributed by atoms with Crippen LogP contribution in [0.5, 0.6) is 0 Å². The molecule has 1 aromatic rings. The molecule has 0 aromatic carbocycles. The van der Waals surface area contributed by atoms with Crippen molar-refractivity contribution in [3.63, 3.8) is 0 Å². The lowest BCUT2D eigenvalue weighted by atomic mass is 9.98. The predicted octanol–water partition coefficient (Wildman–Crippen LogP) is -0.259. The third-order valence-corrected chi connectivity index (χ3v) is 1.71. The minimum Gasteiger partial charge on any atom is -0.368 e. The Morgan fingerprint density at radius 2 is 2.25 bits per heavy atom. The first kappa shape index (κ1) is 8.67. The summed E-state index contributed by atoms with van der Waals surface area (Å²) in [7, 11) is 0. The fourth-order valence-corrected chi connectivity index (χ4v) is 0.796. The number of rotatable bonds is 2. The summed E-state index contributed by atoms with van der Waals surface area (Å²) in [6, 6.07) is 5.18. The molecule has 1 unspecified atom stereocenters. The first-order chi connectivity index (χ1) is 5.55. The molecule has 4 nitrogen and oxygen atoms in total. The van der Waals surface area contributed by atoms with E-state index in [1.807, 2.05) is 0 Å². The van der Waals surface area contributed by atoms with Crippen LogP contribution in [0.3, 0.4) is 0 Å². The molecule has 0 saturated carbocycles. The molecule has 12 heavy (non-hydrogen) atoms. The van der Waals surface area contributed by atoms with Crippen LogP contribution in [0.25, 0.3) is 0 Å². The highest BCUT2D eigenvalue weighted by Gasteiger charge is 2.28. The fourth-order valence-electron chi connectivity index (χ4n) is 0.796. The summed E-state index contributed by atoms with van der Waals surface area (Å²) in [4.78, 5) is 14.8. The van der Waals surface area contributed by atoms with Gasteiger partial charge in [0.15, 0.2) is 0 Å². The molecule has 4 heteroatoms. The Kier molecular flexibility index (Phi) is 2.10. The van der Waals surface area contributed by atoms with Crippen molar-refractivity contribution < 1.29 is 4.79 Å². The van der Waals surface area contributed by atoms with Crippen molar-refractivity contribution in [2.75, 3.05) is 0 Å². The summed E-state index contributed by atoms with van der Waals surface area (Å²) in [5.74, 6) is -0.582. The number of carbonyl (C=O) groups is 1. The quantitative estimate of drug-likeness (QED) is 0.633. The normalized spacial score (nSPS) is 15.2. The summed E-state index contributed by atoms with van der Waals surface area (Å²) < 4.78 is 0. The topological polar surface area (TPSA) is 82.0 Å². The maximum Gasteiger partial charge on any atom is 0.243 e. The Labute approximate surface area is 70.6 Å². The van der Waals surface area contributed by atoms with Gasteiger partial charge in [-0.25, -0.2) is 0 Å². The van der Waals surface area contributed by atoms with Crippen LogP contribution in [0.1, 0.15) is 12.6 Å². The Bertz CT molecular complexity index is 282. The Balaban J connectivity index is 3.06. The van der Waals surface area contributed by atoms with Crippen molar-refractivity contribution in [3.8, 4) is 0 Å². The number of nitrogens with two attached hydrogens (primary N) is 2. The van der Waals surface area contributed by atoms with E-state index < -0.39 is 11.4 Å². The Morgan fingerprint density at radius 1 is 1.58 bits per heavy atom. The summed E-state index contributed by atoms with van der Waals surface area (Å²) in [6.45, 7) is 1.54. The van der Waals surface area contributed by atoms with Crippen LogP contribution in [-0.4, -0.2) is 10.9 Å². The minimum absolute atomic E-state index is 0.484. The molecule has 1 rings (SSSR count). The smallest absolute Gasteiger partial charge is 0.243 e. The number of aromatic nitrogens is 1. The fraction of sp³-hybridized carbons (Fsp3) is 0.250. The molecule has 0 bridgehead atoms. The van der Waals surface area contributed by atoms with Gasteiger partial charge in [0.05, 0.1) is 5.69 Å². The van der Waals surface area contributed by atoms with E-state index in [0.717, 1.165) is 0 Å². The molecule has 1 atom stereocenters. The van der Waals surface area contributed by atoms with Gasteiger partial charge >= 0.3 is 0 Å². The van der Waals surface area contributed by atoms with Crippen LogP contribution >= 0.6 is 0 Å². The van der Waals surface area contributed by atoms with Gasteiger partial charge in [-0.3, -0.25) is 9.78 Å². The van der Waals surface area contributed by atoms with E-state index in [2.05, 4.69) is 4.98 Å². The second kappa shape index (κ2) is 2.91. The Morgan fingerprint density at radius 3 is 2.67 bits per heavy atom. The number of amides is 1. The lowest BCUT2D eigenvalue weighted by Gasteiger charge is -2.18.